The average Bonchev–Trinajstić information content (AvgIpc) is 2.79. The third kappa shape index (κ3) is 5.11. The van der Waals surface area contributed by atoms with Crippen molar-refractivity contribution in [2.45, 2.75) is 19.8 Å². The molecule has 0 atom stereocenters. The molecule has 2 aromatic rings. The van der Waals surface area contributed by atoms with Gasteiger partial charge in [0.05, 0.1) is 24.7 Å². The zero-order chi connectivity index (χ0) is 22.4. The van der Waals surface area contributed by atoms with Crippen molar-refractivity contribution in [3.63, 3.8) is 0 Å². The van der Waals surface area contributed by atoms with Gasteiger partial charge >= 0.3 is 0 Å². The highest BCUT2D eigenvalue weighted by Crippen LogP contribution is 2.36. The van der Waals surface area contributed by atoms with E-state index >= 15 is 0 Å². The third-order valence-corrected chi connectivity index (χ3v) is 5.20. The highest BCUT2D eigenvalue weighted by molar-refractivity contribution is 5.99. The maximum atomic E-state index is 13.1. The zero-order valence-electron chi connectivity index (χ0n) is 17.5. The number of hydrogen-bond acceptors (Lipinski definition) is 6. The van der Waals surface area contributed by atoms with Crippen molar-refractivity contribution in [3.8, 4) is 11.5 Å². The molecule has 164 valence electrons. The normalized spacial score (nSPS) is 14.1. The summed E-state index contributed by atoms with van der Waals surface area (Å²) in [6.07, 6.45) is 0.957. The summed E-state index contributed by atoms with van der Waals surface area (Å²) in [5, 5.41) is 14.4. The molecule has 0 bridgehead atoms. The monoisotopic (exact) mass is 427 g/mol. The van der Waals surface area contributed by atoms with Crippen LogP contribution in [0.15, 0.2) is 42.5 Å². The number of piperidine rings is 1. The fraction of sp³-hybridized carbons (Fsp3) is 0.364. The van der Waals surface area contributed by atoms with Gasteiger partial charge in [0.1, 0.15) is 5.56 Å². The molecule has 1 heterocycles. The molecule has 31 heavy (non-hydrogen) atoms. The molecule has 1 fully saturated rings. The first kappa shape index (κ1) is 22.1. The molecule has 1 N–H and O–H groups in total. The van der Waals surface area contributed by atoms with Gasteiger partial charge in [-0.2, -0.15) is 0 Å². The van der Waals surface area contributed by atoms with Crippen LogP contribution in [0.1, 0.15) is 30.1 Å². The third-order valence-electron chi connectivity index (χ3n) is 5.20. The Labute approximate surface area is 180 Å². The van der Waals surface area contributed by atoms with Crippen LogP contribution in [0.5, 0.6) is 11.5 Å². The molecule has 2 amide bonds. The Morgan fingerprint density at radius 3 is 2.42 bits per heavy atom. The van der Waals surface area contributed by atoms with Gasteiger partial charge in [-0.15, -0.1) is 0 Å². The fourth-order valence-electron chi connectivity index (χ4n) is 3.58. The van der Waals surface area contributed by atoms with E-state index in [1.807, 2.05) is 30.3 Å². The molecule has 0 unspecified atom stereocenters. The van der Waals surface area contributed by atoms with Gasteiger partial charge in [0.25, 0.3) is 11.6 Å². The molecule has 1 saturated heterocycles. The summed E-state index contributed by atoms with van der Waals surface area (Å²) >= 11 is 0. The number of anilines is 1. The number of methoxy groups -OCH3 is 1. The number of carbonyl (C=O) groups excluding carboxylic acids is 2. The quantitative estimate of drug-likeness (QED) is 0.535. The molecular formula is C22H25N3O6. The summed E-state index contributed by atoms with van der Waals surface area (Å²) in [6.45, 7) is 2.72. The van der Waals surface area contributed by atoms with Crippen LogP contribution in [0.4, 0.5) is 11.4 Å². The lowest BCUT2D eigenvalue weighted by molar-refractivity contribution is -0.385. The van der Waals surface area contributed by atoms with Crippen molar-refractivity contribution >= 4 is 23.2 Å². The van der Waals surface area contributed by atoms with E-state index in [1.165, 1.54) is 24.1 Å². The number of amides is 2. The predicted octanol–water partition coefficient (Wildman–Crippen LogP) is 3.49. The van der Waals surface area contributed by atoms with Crippen LogP contribution in [0.3, 0.4) is 0 Å². The van der Waals surface area contributed by atoms with E-state index in [1.54, 1.807) is 6.92 Å². The van der Waals surface area contributed by atoms with Crippen molar-refractivity contribution in [1.82, 2.24) is 4.90 Å². The standard InChI is InChI=1S/C22H25N3O6/c1-3-31-20-14-18(25(28)29)17(13-19(20)30-2)22(27)24-11-9-15(10-12-24)21(26)23-16-7-5-4-6-8-16/h4-8,13-15H,3,9-12H2,1-2H3,(H,23,26). The number of rotatable bonds is 7. The molecular weight excluding hydrogens is 402 g/mol. The second-order valence-electron chi connectivity index (χ2n) is 7.13. The first-order valence-electron chi connectivity index (χ1n) is 10.1. The van der Waals surface area contributed by atoms with E-state index < -0.39 is 10.8 Å². The number of nitro benzene ring substituents is 1. The molecule has 0 aromatic heterocycles. The summed E-state index contributed by atoms with van der Waals surface area (Å²) in [5.74, 6) is -0.312. The van der Waals surface area contributed by atoms with Gasteiger partial charge in [0.15, 0.2) is 11.5 Å². The molecule has 0 radical (unpaired) electrons. The van der Waals surface area contributed by atoms with E-state index in [0.29, 0.717) is 32.5 Å². The highest BCUT2D eigenvalue weighted by atomic mass is 16.6. The van der Waals surface area contributed by atoms with Crippen LogP contribution in [0.25, 0.3) is 0 Å². The Bertz CT molecular complexity index is 955. The average molecular weight is 427 g/mol. The van der Waals surface area contributed by atoms with Crippen LogP contribution in [-0.4, -0.2) is 48.4 Å². The lowest BCUT2D eigenvalue weighted by atomic mass is 9.95. The zero-order valence-corrected chi connectivity index (χ0v) is 17.5. The van der Waals surface area contributed by atoms with Crippen LogP contribution in [0, 0.1) is 16.0 Å². The summed E-state index contributed by atoms with van der Waals surface area (Å²) in [5.41, 5.74) is 0.332. The van der Waals surface area contributed by atoms with Gasteiger partial charge in [-0.3, -0.25) is 19.7 Å². The summed E-state index contributed by atoms with van der Waals surface area (Å²) in [6, 6.07) is 11.7. The molecule has 0 spiro atoms. The molecule has 3 rings (SSSR count). The minimum absolute atomic E-state index is 0.0579. The smallest absolute Gasteiger partial charge is 0.286 e. The summed E-state index contributed by atoms with van der Waals surface area (Å²) in [4.78, 5) is 38.1. The maximum Gasteiger partial charge on any atom is 0.286 e. The molecule has 1 aliphatic heterocycles. The van der Waals surface area contributed by atoms with Gasteiger partial charge in [0, 0.05) is 30.8 Å². The van der Waals surface area contributed by atoms with E-state index in [9.17, 15) is 19.7 Å². The number of likely N-dealkylation sites (tertiary alicyclic amines) is 1. The van der Waals surface area contributed by atoms with Crippen LogP contribution < -0.4 is 14.8 Å². The lowest BCUT2D eigenvalue weighted by Gasteiger charge is -2.31. The fourth-order valence-corrected chi connectivity index (χ4v) is 3.58. The number of hydrogen-bond donors (Lipinski definition) is 1. The van der Waals surface area contributed by atoms with E-state index in [2.05, 4.69) is 5.32 Å². The Morgan fingerprint density at radius 2 is 1.84 bits per heavy atom. The number of carbonyl (C=O) groups is 2. The second-order valence-corrected chi connectivity index (χ2v) is 7.13. The lowest BCUT2D eigenvalue weighted by Crippen LogP contribution is -2.41. The van der Waals surface area contributed by atoms with Crippen molar-refractivity contribution in [3.05, 3.63) is 58.1 Å². The largest absolute Gasteiger partial charge is 0.493 e. The molecule has 2 aromatic carbocycles. The minimum atomic E-state index is -0.602. The van der Waals surface area contributed by atoms with Crippen LogP contribution >= 0.6 is 0 Å². The number of nitrogens with one attached hydrogen (secondary N) is 1. The first-order chi connectivity index (χ1) is 14.9. The first-order valence-corrected chi connectivity index (χ1v) is 10.1. The number of nitrogens with zero attached hydrogens (tertiary/aromatic N) is 2. The Balaban J connectivity index is 1.71. The Hall–Kier alpha value is -3.62. The number of para-hydroxylation sites is 1. The van der Waals surface area contributed by atoms with Crippen LogP contribution in [0.2, 0.25) is 0 Å². The van der Waals surface area contributed by atoms with Crippen molar-refractivity contribution < 1.29 is 24.0 Å². The maximum absolute atomic E-state index is 13.1. The number of nitro groups is 1. The van der Waals surface area contributed by atoms with Gasteiger partial charge in [-0.05, 0) is 31.9 Å². The Kier molecular flexibility index (Phi) is 7.07. The summed E-state index contributed by atoms with van der Waals surface area (Å²) < 4.78 is 10.6. The van der Waals surface area contributed by atoms with Gasteiger partial charge in [0.2, 0.25) is 5.91 Å². The van der Waals surface area contributed by atoms with E-state index in [-0.39, 0.29) is 34.6 Å². The SMILES string of the molecule is CCOc1cc([N+](=O)[O-])c(C(=O)N2CCC(C(=O)Nc3ccccc3)CC2)cc1OC. The van der Waals surface area contributed by atoms with Gasteiger partial charge < -0.3 is 19.7 Å². The van der Waals surface area contributed by atoms with E-state index in [4.69, 9.17) is 9.47 Å². The highest BCUT2D eigenvalue weighted by Gasteiger charge is 2.32. The molecule has 9 heteroatoms. The topological polar surface area (TPSA) is 111 Å². The Morgan fingerprint density at radius 1 is 1.16 bits per heavy atom. The molecule has 0 saturated carbocycles. The molecule has 0 aliphatic carbocycles. The summed E-state index contributed by atoms with van der Waals surface area (Å²) in [7, 11) is 1.41. The second kappa shape index (κ2) is 9.92. The van der Waals surface area contributed by atoms with Crippen LogP contribution in [-0.2, 0) is 4.79 Å². The van der Waals surface area contributed by atoms with Gasteiger partial charge in [-0.1, -0.05) is 18.2 Å². The van der Waals surface area contributed by atoms with Crippen molar-refractivity contribution in [2.24, 2.45) is 5.92 Å². The molecule has 1 aliphatic rings. The van der Waals surface area contributed by atoms with E-state index in [0.717, 1.165) is 5.69 Å². The molecule has 9 nitrogen and oxygen atoms in total. The predicted molar refractivity (Wildman–Crippen MR) is 115 cm³/mol. The van der Waals surface area contributed by atoms with Crippen molar-refractivity contribution in [2.75, 3.05) is 32.1 Å². The van der Waals surface area contributed by atoms with Crippen molar-refractivity contribution in [1.29, 1.82) is 0 Å². The minimum Gasteiger partial charge on any atom is -0.493 e. The number of ether oxygens (including phenoxy) is 2. The number of benzene rings is 2. The van der Waals surface area contributed by atoms with Gasteiger partial charge in [-0.25, -0.2) is 0 Å².